The Labute approximate surface area is 198 Å². The van der Waals surface area contributed by atoms with E-state index in [1.165, 1.54) is 11.2 Å². The molecule has 0 spiro atoms. The molecule has 176 valence electrons. The Balaban J connectivity index is 1.76. The van der Waals surface area contributed by atoms with E-state index in [0.29, 0.717) is 16.8 Å². The van der Waals surface area contributed by atoms with Crippen LogP contribution in [0.2, 0.25) is 0 Å². The maximum absolute atomic E-state index is 13.6. The minimum atomic E-state index is -0.923. The number of rotatable bonds is 8. The Morgan fingerprint density at radius 2 is 1.71 bits per heavy atom. The van der Waals surface area contributed by atoms with Crippen molar-refractivity contribution in [2.45, 2.75) is 44.7 Å². The largest absolute Gasteiger partial charge is 0.462 e. The highest BCUT2D eigenvalue weighted by Gasteiger charge is 2.35. The third kappa shape index (κ3) is 5.20. The van der Waals surface area contributed by atoms with E-state index in [4.69, 9.17) is 9.15 Å². The molecule has 7 heteroatoms. The van der Waals surface area contributed by atoms with Crippen molar-refractivity contribution < 1.29 is 23.5 Å². The number of carbonyl (C=O) groups excluding carboxylic acids is 3. The summed E-state index contributed by atoms with van der Waals surface area (Å²) in [6.07, 6.45) is 5.42. The van der Waals surface area contributed by atoms with Crippen LogP contribution in [0.15, 0.2) is 77.4 Å². The molecule has 2 amide bonds. The number of anilines is 1. The smallest absolute Gasteiger partial charge is 0.338 e. The van der Waals surface area contributed by atoms with Crippen LogP contribution in [0.1, 0.15) is 65.1 Å². The molecule has 1 atom stereocenters. The third-order valence-electron chi connectivity index (χ3n) is 5.93. The van der Waals surface area contributed by atoms with E-state index in [9.17, 15) is 14.4 Å². The molecular formula is C27H28N2O5. The molecule has 1 saturated carbocycles. The molecule has 1 aromatic heterocycles. The van der Waals surface area contributed by atoms with Crippen molar-refractivity contribution in [3.8, 4) is 0 Å². The summed E-state index contributed by atoms with van der Waals surface area (Å²) in [4.78, 5) is 40.8. The highest BCUT2D eigenvalue weighted by Crippen LogP contribution is 2.31. The number of nitrogens with one attached hydrogen (secondary N) is 1. The highest BCUT2D eigenvalue weighted by molar-refractivity contribution is 6.09. The Morgan fingerprint density at radius 1 is 1.00 bits per heavy atom. The number of nitrogens with zero attached hydrogens (tertiary/aromatic N) is 1. The molecule has 1 aliphatic rings. The topological polar surface area (TPSA) is 88.8 Å². The number of hydrogen-bond acceptors (Lipinski definition) is 5. The van der Waals surface area contributed by atoms with Crippen LogP contribution in [0, 0.1) is 0 Å². The molecular weight excluding hydrogens is 432 g/mol. The van der Waals surface area contributed by atoms with Gasteiger partial charge in [0.05, 0.1) is 18.4 Å². The zero-order valence-corrected chi connectivity index (χ0v) is 19.1. The molecule has 0 unspecified atom stereocenters. The van der Waals surface area contributed by atoms with Gasteiger partial charge < -0.3 is 14.5 Å². The average molecular weight is 461 g/mol. The van der Waals surface area contributed by atoms with Crippen LogP contribution >= 0.6 is 0 Å². The minimum absolute atomic E-state index is 0.0884. The normalized spacial score (nSPS) is 14.4. The quantitative estimate of drug-likeness (QED) is 0.483. The van der Waals surface area contributed by atoms with Crippen molar-refractivity contribution >= 4 is 23.5 Å². The van der Waals surface area contributed by atoms with E-state index in [1.54, 1.807) is 43.3 Å². The van der Waals surface area contributed by atoms with E-state index < -0.39 is 17.9 Å². The van der Waals surface area contributed by atoms with Gasteiger partial charge in [0.25, 0.3) is 5.91 Å². The first-order chi connectivity index (χ1) is 16.6. The first kappa shape index (κ1) is 23.3. The predicted octanol–water partition coefficient (Wildman–Crippen LogP) is 4.90. The summed E-state index contributed by atoms with van der Waals surface area (Å²) in [7, 11) is 0. The van der Waals surface area contributed by atoms with Crippen molar-refractivity contribution in [1.82, 2.24) is 5.32 Å². The van der Waals surface area contributed by atoms with Gasteiger partial charge >= 0.3 is 5.97 Å². The molecule has 1 fully saturated rings. The van der Waals surface area contributed by atoms with E-state index in [-0.39, 0.29) is 24.3 Å². The summed E-state index contributed by atoms with van der Waals surface area (Å²) < 4.78 is 10.5. The van der Waals surface area contributed by atoms with Crippen LogP contribution in [0.4, 0.5) is 5.69 Å². The summed E-state index contributed by atoms with van der Waals surface area (Å²) in [6, 6.07) is 18.0. The fourth-order valence-electron chi connectivity index (χ4n) is 4.28. The van der Waals surface area contributed by atoms with Gasteiger partial charge in [0, 0.05) is 11.7 Å². The lowest BCUT2D eigenvalue weighted by molar-refractivity contribution is -0.123. The molecule has 2 aromatic carbocycles. The number of furan rings is 1. The molecule has 34 heavy (non-hydrogen) atoms. The van der Waals surface area contributed by atoms with Crippen LogP contribution in [0.5, 0.6) is 0 Å². The van der Waals surface area contributed by atoms with Crippen LogP contribution < -0.4 is 10.2 Å². The van der Waals surface area contributed by atoms with Crippen molar-refractivity contribution in [2.75, 3.05) is 11.5 Å². The first-order valence-corrected chi connectivity index (χ1v) is 11.6. The maximum atomic E-state index is 13.6. The van der Waals surface area contributed by atoms with E-state index in [2.05, 4.69) is 5.32 Å². The summed E-state index contributed by atoms with van der Waals surface area (Å²) in [6.45, 7) is 2.00. The van der Waals surface area contributed by atoms with Crippen molar-refractivity contribution in [3.63, 3.8) is 0 Å². The van der Waals surface area contributed by atoms with Gasteiger partial charge in [-0.15, -0.1) is 0 Å². The second-order valence-corrected chi connectivity index (χ2v) is 8.22. The molecule has 1 N–H and O–H groups in total. The van der Waals surface area contributed by atoms with E-state index in [1.807, 2.05) is 30.3 Å². The van der Waals surface area contributed by atoms with Crippen molar-refractivity contribution in [3.05, 3.63) is 89.9 Å². The molecule has 1 aliphatic carbocycles. The van der Waals surface area contributed by atoms with Crippen LogP contribution in [-0.4, -0.2) is 30.4 Å². The zero-order chi connectivity index (χ0) is 23.9. The molecule has 0 radical (unpaired) electrons. The number of amides is 2. The average Bonchev–Trinajstić information content (AvgIpc) is 3.57. The van der Waals surface area contributed by atoms with E-state index in [0.717, 1.165) is 25.7 Å². The van der Waals surface area contributed by atoms with Gasteiger partial charge in [0.15, 0.2) is 5.76 Å². The van der Waals surface area contributed by atoms with Gasteiger partial charge in [-0.25, -0.2) is 4.79 Å². The van der Waals surface area contributed by atoms with Gasteiger partial charge in [-0.05, 0) is 61.7 Å². The molecule has 0 saturated heterocycles. The summed E-state index contributed by atoms with van der Waals surface area (Å²) in [5, 5.41) is 3.14. The van der Waals surface area contributed by atoms with Crippen molar-refractivity contribution in [2.24, 2.45) is 0 Å². The second kappa shape index (κ2) is 10.8. The Bertz CT molecular complexity index is 1100. The Kier molecular flexibility index (Phi) is 7.42. The predicted molar refractivity (Wildman–Crippen MR) is 127 cm³/mol. The van der Waals surface area contributed by atoms with Gasteiger partial charge in [-0.3, -0.25) is 14.5 Å². The molecule has 0 bridgehead atoms. The maximum Gasteiger partial charge on any atom is 0.338 e. The molecule has 3 aromatic rings. The lowest BCUT2D eigenvalue weighted by Crippen LogP contribution is -2.46. The first-order valence-electron chi connectivity index (χ1n) is 11.6. The summed E-state index contributed by atoms with van der Waals surface area (Å²) in [5.74, 6) is -1.04. The Morgan fingerprint density at radius 3 is 2.32 bits per heavy atom. The number of esters is 1. The monoisotopic (exact) mass is 460 g/mol. The summed E-state index contributed by atoms with van der Waals surface area (Å²) in [5.41, 5.74) is 1.50. The number of carbonyl (C=O) groups is 3. The fraction of sp³-hybridized carbons (Fsp3) is 0.296. The van der Waals surface area contributed by atoms with Gasteiger partial charge in [-0.1, -0.05) is 43.2 Å². The van der Waals surface area contributed by atoms with Gasteiger partial charge in [0.2, 0.25) is 5.91 Å². The lowest BCUT2D eigenvalue weighted by atomic mass is 10.0. The Hall–Kier alpha value is -3.87. The fourth-order valence-corrected chi connectivity index (χ4v) is 4.28. The minimum Gasteiger partial charge on any atom is -0.462 e. The third-order valence-corrected chi connectivity index (χ3v) is 5.93. The van der Waals surface area contributed by atoms with Crippen LogP contribution in [0.3, 0.4) is 0 Å². The number of ether oxygens (including phenoxy) is 1. The zero-order valence-electron chi connectivity index (χ0n) is 19.1. The standard InChI is InChI=1S/C27H28N2O5/c1-2-33-27(32)20-14-16-22(17-15-20)29(26(31)23-13-8-18-34-23)24(19-9-4-3-5-10-19)25(30)28-21-11-6-7-12-21/h3-5,8-10,13-18,21,24H,2,6-7,11-12H2,1H3,(H,28,30)/t24-/m0/s1. The number of hydrogen-bond donors (Lipinski definition) is 1. The number of benzene rings is 2. The summed E-state index contributed by atoms with van der Waals surface area (Å²) >= 11 is 0. The van der Waals surface area contributed by atoms with Gasteiger partial charge in [-0.2, -0.15) is 0 Å². The van der Waals surface area contributed by atoms with Crippen LogP contribution in [-0.2, 0) is 9.53 Å². The SMILES string of the molecule is CCOC(=O)c1ccc(N(C(=O)c2ccco2)[C@H](C(=O)NC2CCCC2)c2ccccc2)cc1. The molecule has 4 rings (SSSR count). The molecule has 0 aliphatic heterocycles. The molecule has 1 heterocycles. The lowest BCUT2D eigenvalue weighted by Gasteiger charge is -2.32. The highest BCUT2D eigenvalue weighted by atomic mass is 16.5. The van der Waals surface area contributed by atoms with Crippen LogP contribution in [0.25, 0.3) is 0 Å². The van der Waals surface area contributed by atoms with Gasteiger partial charge in [0.1, 0.15) is 6.04 Å². The molecule has 7 nitrogen and oxygen atoms in total. The van der Waals surface area contributed by atoms with E-state index >= 15 is 0 Å². The second-order valence-electron chi connectivity index (χ2n) is 8.22. The van der Waals surface area contributed by atoms with Crippen molar-refractivity contribution in [1.29, 1.82) is 0 Å².